The number of aromatic nitrogens is 2. The molecule has 0 radical (unpaired) electrons. The predicted octanol–water partition coefficient (Wildman–Crippen LogP) is 2.34. The van der Waals surface area contributed by atoms with E-state index in [9.17, 15) is 0 Å². The van der Waals surface area contributed by atoms with Crippen LogP contribution >= 0.6 is 11.6 Å². The van der Waals surface area contributed by atoms with Crippen LogP contribution in [0, 0.1) is 6.92 Å². The third kappa shape index (κ3) is 2.26. The molecule has 0 bridgehead atoms. The van der Waals surface area contributed by atoms with Crippen LogP contribution in [0.15, 0.2) is 30.5 Å². The van der Waals surface area contributed by atoms with E-state index >= 15 is 0 Å². The van der Waals surface area contributed by atoms with Crippen molar-refractivity contribution in [2.45, 2.75) is 13.3 Å². The Balaban J connectivity index is 2.33. The zero-order valence-corrected chi connectivity index (χ0v) is 9.91. The van der Waals surface area contributed by atoms with Gasteiger partial charge < -0.3 is 5.73 Å². The maximum atomic E-state index is 5.84. The molecule has 84 valence electrons. The molecule has 2 rings (SSSR count). The van der Waals surface area contributed by atoms with Crippen molar-refractivity contribution >= 4 is 11.6 Å². The van der Waals surface area contributed by atoms with Crippen LogP contribution in [-0.2, 0) is 6.42 Å². The van der Waals surface area contributed by atoms with Crippen LogP contribution in [0.5, 0.6) is 0 Å². The lowest BCUT2D eigenvalue weighted by Crippen LogP contribution is -2.02. The molecule has 1 aromatic carbocycles. The van der Waals surface area contributed by atoms with Gasteiger partial charge in [0.15, 0.2) is 0 Å². The normalized spacial score (nSPS) is 10.7. The zero-order valence-electron chi connectivity index (χ0n) is 9.15. The molecule has 0 aliphatic carbocycles. The summed E-state index contributed by atoms with van der Waals surface area (Å²) in [5.74, 6) is 0. The topological polar surface area (TPSA) is 43.8 Å². The molecule has 0 saturated carbocycles. The van der Waals surface area contributed by atoms with Crippen LogP contribution in [0.4, 0.5) is 0 Å². The van der Waals surface area contributed by atoms with Crippen LogP contribution in [0.3, 0.4) is 0 Å². The molecule has 0 aliphatic heterocycles. The zero-order chi connectivity index (χ0) is 11.5. The van der Waals surface area contributed by atoms with E-state index in [-0.39, 0.29) is 0 Å². The molecule has 0 fully saturated rings. The number of rotatable bonds is 3. The molecular weight excluding hydrogens is 222 g/mol. The monoisotopic (exact) mass is 235 g/mol. The van der Waals surface area contributed by atoms with Crippen LogP contribution in [-0.4, -0.2) is 16.3 Å². The van der Waals surface area contributed by atoms with Gasteiger partial charge in [-0.25, -0.2) is 4.68 Å². The molecule has 4 heteroatoms. The lowest BCUT2D eigenvalue weighted by atomic mass is 10.2. The molecule has 0 atom stereocenters. The minimum atomic E-state index is 0.646. The van der Waals surface area contributed by atoms with Crippen molar-refractivity contribution in [3.8, 4) is 5.69 Å². The molecule has 1 heterocycles. The highest BCUT2D eigenvalue weighted by atomic mass is 35.5. The number of nitrogens with zero attached hydrogens (tertiary/aromatic N) is 2. The van der Waals surface area contributed by atoms with Gasteiger partial charge in [0.2, 0.25) is 0 Å². The van der Waals surface area contributed by atoms with Crippen molar-refractivity contribution in [2.24, 2.45) is 5.73 Å². The van der Waals surface area contributed by atoms with E-state index in [1.165, 1.54) is 5.56 Å². The van der Waals surface area contributed by atoms with Crippen LogP contribution in [0.1, 0.15) is 11.3 Å². The second kappa shape index (κ2) is 4.68. The number of hydrogen-bond acceptors (Lipinski definition) is 2. The van der Waals surface area contributed by atoms with Gasteiger partial charge in [0, 0.05) is 11.2 Å². The average molecular weight is 236 g/mol. The first-order chi connectivity index (χ1) is 7.70. The molecular formula is C12H14ClN3. The summed E-state index contributed by atoms with van der Waals surface area (Å²) in [6.07, 6.45) is 2.88. The minimum Gasteiger partial charge on any atom is -0.330 e. The number of halogens is 1. The number of aryl methyl sites for hydroxylation is 1. The third-order valence-corrected chi connectivity index (χ3v) is 2.76. The second-order valence-electron chi connectivity index (χ2n) is 3.70. The number of benzene rings is 1. The van der Waals surface area contributed by atoms with E-state index < -0.39 is 0 Å². The largest absolute Gasteiger partial charge is 0.330 e. The highest BCUT2D eigenvalue weighted by Gasteiger charge is 2.05. The Morgan fingerprint density at radius 2 is 2.00 bits per heavy atom. The molecule has 0 saturated heterocycles. The summed E-state index contributed by atoms with van der Waals surface area (Å²) in [5.41, 5.74) is 8.77. The molecule has 0 aliphatic rings. The first-order valence-corrected chi connectivity index (χ1v) is 5.59. The van der Waals surface area contributed by atoms with Crippen molar-refractivity contribution in [1.29, 1.82) is 0 Å². The summed E-state index contributed by atoms with van der Waals surface area (Å²) in [6.45, 7) is 2.64. The van der Waals surface area contributed by atoms with Gasteiger partial charge in [0.25, 0.3) is 0 Å². The number of nitrogens with two attached hydrogens (primary N) is 1. The quantitative estimate of drug-likeness (QED) is 0.888. The van der Waals surface area contributed by atoms with Gasteiger partial charge in [-0.15, -0.1) is 0 Å². The SMILES string of the molecule is Cc1nn(-c2ccc(Cl)cc2)cc1CCN. The van der Waals surface area contributed by atoms with Crippen LogP contribution in [0.25, 0.3) is 5.69 Å². The first-order valence-electron chi connectivity index (χ1n) is 5.22. The highest BCUT2D eigenvalue weighted by molar-refractivity contribution is 6.30. The standard InChI is InChI=1S/C12H14ClN3/c1-9-10(6-7-14)8-16(15-9)12-4-2-11(13)3-5-12/h2-5,8H,6-7,14H2,1H3. The van der Waals surface area contributed by atoms with Crippen molar-refractivity contribution in [2.75, 3.05) is 6.54 Å². The molecule has 2 aromatic rings. The number of hydrogen-bond donors (Lipinski definition) is 1. The summed E-state index contributed by atoms with van der Waals surface area (Å²) in [4.78, 5) is 0. The lowest BCUT2D eigenvalue weighted by molar-refractivity contribution is 0.863. The third-order valence-electron chi connectivity index (χ3n) is 2.51. The first kappa shape index (κ1) is 11.2. The summed E-state index contributed by atoms with van der Waals surface area (Å²) in [7, 11) is 0. The molecule has 16 heavy (non-hydrogen) atoms. The Kier molecular flexibility index (Phi) is 3.27. The van der Waals surface area contributed by atoms with Gasteiger partial charge in [0.05, 0.1) is 11.4 Å². The Morgan fingerprint density at radius 3 is 2.62 bits per heavy atom. The fourth-order valence-electron chi connectivity index (χ4n) is 1.62. The maximum Gasteiger partial charge on any atom is 0.0646 e. The van der Waals surface area contributed by atoms with E-state index in [1.54, 1.807) is 0 Å². The van der Waals surface area contributed by atoms with Crippen LogP contribution < -0.4 is 5.73 Å². The fourth-order valence-corrected chi connectivity index (χ4v) is 1.75. The summed E-state index contributed by atoms with van der Waals surface area (Å²) >= 11 is 5.84. The van der Waals surface area contributed by atoms with E-state index in [2.05, 4.69) is 5.10 Å². The van der Waals surface area contributed by atoms with E-state index in [0.717, 1.165) is 22.8 Å². The summed E-state index contributed by atoms with van der Waals surface area (Å²) < 4.78 is 1.86. The molecule has 0 unspecified atom stereocenters. The van der Waals surface area contributed by atoms with Gasteiger partial charge in [-0.1, -0.05) is 11.6 Å². The molecule has 0 spiro atoms. The summed E-state index contributed by atoms with van der Waals surface area (Å²) in [6, 6.07) is 7.61. The Hall–Kier alpha value is -1.32. The fraction of sp³-hybridized carbons (Fsp3) is 0.250. The van der Waals surface area contributed by atoms with Crippen molar-refractivity contribution in [3.05, 3.63) is 46.7 Å². The predicted molar refractivity (Wildman–Crippen MR) is 66.1 cm³/mol. The molecule has 2 N–H and O–H groups in total. The maximum absolute atomic E-state index is 5.84. The Bertz CT molecular complexity index is 474. The van der Waals surface area contributed by atoms with E-state index in [0.29, 0.717) is 6.54 Å². The lowest BCUT2D eigenvalue weighted by Gasteiger charge is -2.00. The molecule has 0 amide bonds. The van der Waals surface area contributed by atoms with Crippen molar-refractivity contribution in [1.82, 2.24) is 9.78 Å². The van der Waals surface area contributed by atoms with Gasteiger partial charge in [-0.2, -0.15) is 5.10 Å². The van der Waals surface area contributed by atoms with Crippen molar-refractivity contribution in [3.63, 3.8) is 0 Å². The Morgan fingerprint density at radius 1 is 1.31 bits per heavy atom. The van der Waals surface area contributed by atoms with Gasteiger partial charge >= 0.3 is 0 Å². The van der Waals surface area contributed by atoms with Crippen LogP contribution in [0.2, 0.25) is 5.02 Å². The summed E-state index contributed by atoms with van der Waals surface area (Å²) in [5, 5.41) is 5.18. The van der Waals surface area contributed by atoms with Gasteiger partial charge in [0.1, 0.15) is 0 Å². The average Bonchev–Trinajstić information content (AvgIpc) is 2.62. The van der Waals surface area contributed by atoms with Crippen molar-refractivity contribution < 1.29 is 0 Å². The molecule has 3 nitrogen and oxygen atoms in total. The minimum absolute atomic E-state index is 0.646. The Labute approximate surface area is 99.8 Å². The van der Waals surface area contributed by atoms with E-state index in [4.69, 9.17) is 17.3 Å². The smallest absolute Gasteiger partial charge is 0.0646 e. The highest BCUT2D eigenvalue weighted by Crippen LogP contribution is 2.15. The van der Waals surface area contributed by atoms with E-state index in [1.807, 2.05) is 42.1 Å². The molecule has 1 aromatic heterocycles. The van der Waals surface area contributed by atoms with Gasteiger partial charge in [-0.3, -0.25) is 0 Å². The van der Waals surface area contributed by atoms with Gasteiger partial charge in [-0.05, 0) is 49.7 Å². The second-order valence-corrected chi connectivity index (χ2v) is 4.14.